The first-order chi connectivity index (χ1) is 15.0. The van der Waals surface area contributed by atoms with Crippen molar-refractivity contribution in [2.24, 2.45) is 5.92 Å². The molecule has 0 bridgehead atoms. The summed E-state index contributed by atoms with van der Waals surface area (Å²) >= 11 is 0. The maximum atomic E-state index is 13.2. The number of nitrogens with zero attached hydrogens (tertiary/aromatic N) is 5. The molecule has 0 radical (unpaired) electrons. The number of carbonyl (C=O) groups excluding carboxylic acids is 1. The van der Waals surface area contributed by atoms with Gasteiger partial charge < -0.3 is 4.90 Å². The molecule has 6 heteroatoms. The first kappa shape index (κ1) is 19.7. The Morgan fingerprint density at radius 2 is 1.90 bits per heavy atom. The largest absolute Gasteiger partial charge is 0.306 e. The van der Waals surface area contributed by atoms with E-state index >= 15 is 0 Å². The Hall–Kier alpha value is -3.25. The number of amides is 1. The van der Waals surface area contributed by atoms with Gasteiger partial charge in [-0.15, -0.1) is 0 Å². The summed E-state index contributed by atoms with van der Waals surface area (Å²) in [6.07, 6.45) is 18.0. The molecule has 2 aromatic rings. The number of carbonyl (C=O) groups is 1. The van der Waals surface area contributed by atoms with Gasteiger partial charge in [-0.05, 0) is 76.5 Å². The van der Waals surface area contributed by atoms with Crippen LogP contribution >= 0.6 is 0 Å². The molecule has 0 aromatic carbocycles. The van der Waals surface area contributed by atoms with Crippen molar-refractivity contribution < 1.29 is 4.79 Å². The summed E-state index contributed by atoms with van der Waals surface area (Å²) in [6, 6.07) is 1.99. The Labute approximate surface area is 182 Å². The zero-order chi connectivity index (χ0) is 21.5. The Kier molecular flexibility index (Phi) is 4.94. The minimum atomic E-state index is -0.0524. The topological polar surface area (TPSA) is 53.7 Å². The summed E-state index contributed by atoms with van der Waals surface area (Å²) in [4.78, 5) is 21.9. The lowest BCUT2D eigenvalue weighted by Crippen LogP contribution is -2.32. The van der Waals surface area contributed by atoms with Crippen LogP contribution in [0.4, 0.5) is 0 Å². The molecular weight excluding hydrogens is 386 g/mol. The van der Waals surface area contributed by atoms with E-state index in [9.17, 15) is 4.79 Å². The van der Waals surface area contributed by atoms with E-state index in [0.717, 1.165) is 59.8 Å². The predicted molar refractivity (Wildman–Crippen MR) is 122 cm³/mol. The van der Waals surface area contributed by atoms with Crippen LogP contribution in [0.5, 0.6) is 0 Å². The van der Waals surface area contributed by atoms with Crippen molar-refractivity contribution in [1.82, 2.24) is 24.4 Å². The van der Waals surface area contributed by atoms with Gasteiger partial charge in [-0.3, -0.25) is 14.7 Å². The molecular formula is C25H27N5O. The lowest BCUT2D eigenvalue weighted by Gasteiger charge is -2.32. The quantitative estimate of drug-likeness (QED) is 0.751. The number of hydrogen-bond donors (Lipinski definition) is 0. The molecule has 1 saturated heterocycles. The summed E-state index contributed by atoms with van der Waals surface area (Å²) in [5.41, 5.74) is 6.48. The lowest BCUT2D eigenvalue weighted by atomic mass is 9.88. The van der Waals surface area contributed by atoms with Crippen molar-refractivity contribution in [3.05, 3.63) is 83.3 Å². The second kappa shape index (κ2) is 7.78. The van der Waals surface area contributed by atoms with Crippen LogP contribution in [0.15, 0.2) is 66.2 Å². The van der Waals surface area contributed by atoms with E-state index < -0.39 is 0 Å². The van der Waals surface area contributed by atoms with Crippen molar-refractivity contribution in [2.75, 3.05) is 20.1 Å². The van der Waals surface area contributed by atoms with E-state index in [2.05, 4.69) is 29.1 Å². The number of aryl methyl sites for hydroxylation is 2. The van der Waals surface area contributed by atoms with E-state index in [0.29, 0.717) is 5.92 Å². The molecule has 1 fully saturated rings. The molecule has 0 saturated carbocycles. The van der Waals surface area contributed by atoms with Gasteiger partial charge in [-0.25, -0.2) is 4.52 Å². The molecule has 5 rings (SSSR count). The molecule has 1 amide bonds. The fourth-order valence-electron chi connectivity index (χ4n) is 4.53. The highest BCUT2D eigenvalue weighted by molar-refractivity contribution is 5.99. The third-order valence-corrected chi connectivity index (χ3v) is 6.31. The highest BCUT2D eigenvalue weighted by Gasteiger charge is 2.24. The van der Waals surface area contributed by atoms with Crippen LogP contribution in [-0.2, 0) is 4.79 Å². The van der Waals surface area contributed by atoms with Crippen LogP contribution in [-0.4, -0.2) is 50.4 Å². The fraction of sp³-hybridized carbons (Fsp3) is 0.320. The van der Waals surface area contributed by atoms with Crippen molar-refractivity contribution in [1.29, 1.82) is 0 Å². The molecule has 158 valence electrons. The zero-order valence-electron chi connectivity index (χ0n) is 18.2. The van der Waals surface area contributed by atoms with Crippen LogP contribution in [0, 0.1) is 19.8 Å². The smallest absolute Gasteiger partial charge is 0.255 e. The normalized spacial score (nSPS) is 24.7. The minimum absolute atomic E-state index is 0.0524. The third kappa shape index (κ3) is 3.79. The summed E-state index contributed by atoms with van der Waals surface area (Å²) in [5, 5.41) is 4.70. The third-order valence-electron chi connectivity index (χ3n) is 6.31. The summed E-state index contributed by atoms with van der Waals surface area (Å²) in [5.74, 6) is 0.451. The van der Waals surface area contributed by atoms with E-state index in [-0.39, 0.29) is 5.91 Å². The van der Waals surface area contributed by atoms with Gasteiger partial charge in [0.1, 0.15) is 0 Å². The maximum absolute atomic E-state index is 13.2. The van der Waals surface area contributed by atoms with Gasteiger partial charge in [0, 0.05) is 23.5 Å². The summed E-state index contributed by atoms with van der Waals surface area (Å²) in [6.45, 7) is 6.13. The summed E-state index contributed by atoms with van der Waals surface area (Å²) < 4.78 is 1.84. The van der Waals surface area contributed by atoms with Gasteiger partial charge in [0.2, 0.25) is 0 Å². The molecule has 0 spiro atoms. The van der Waals surface area contributed by atoms with Gasteiger partial charge in [-0.1, -0.05) is 18.2 Å². The van der Waals surface area contributed by atoms with Crippen LogP contribution in [0.2, 0.25) is 0 Å². The number of rotatable bonds is 2. The molecule has 3 aliphatic heterocycles. The molecule has 5 heterocycles. The van der Waals surface area contributed by atoms with Crippen molar-refractivity contribution in [2.45, 2.75) is 26.7 Å². The number of aromatic nitrogens is 3. The van der Waals surface area contributed by atoms with Gasteiger partial charge in [0.15, 0.2) is 0 Å². The number of hydrogen-bond acceptors (Lipinski definition) is 4. The van der Waals surface area contributed by atoms with E-state index in [4.69, 9.17) is 5.10 Å². The lowest BCUT2D eigenvalue weighted by molar-refractivity contribution is -0.122. The van der Waals surface area contributed by atoms with Gasteiger partial charge in [-0.2, -0.15) is 5.10 Å². The first-order valence-electron chi connectivity index (χ1n) is 10.8. The molecule has 6 nitrogen and oxygen atoms in total. The van der Waals surface area contributed by atoms with Gasteiger partial charge in [0.05, 0.1) is 28.8 Å². The Bertz CT molecular complexity index is 1200. The molecule has 3 aliphatic rings. The second-order valence-electron chi connectivity index (χ2n) is 8.63. The fourth-order valence-corrected chi connectivity index (χ4v) is 4.53. The van der Waals surface area contributed by atoms with Crippen molar-refractivity contribution in [3.8, 4) is 0 Å². The number of piperidine rings is 1. The minimum Gasteiger partial charge on any atom is -0.306 e. The van der Waals surface area contributed by atoms with Gasteiger partial charge >= 0.3 is 0 Å². The van der Waals surface area contributed by atoms with E-state index in [1.165, 1.54) is 5.57 Å². The maximum Gasteiger partial charge on any atom is 0.255 e. The first-order valence-corrected chi connectivity index (χ1v) is 10.8. The van der Waals surface area contributed by atoms with Crippen LogP contribution < -0.4 is 0 Å². The average Bonchev–Trinajstić information content (AvgIpc) is 3.16. The molecule has 2 aromatic heterocycles. The second-order valence-corrected chi connectivity index (χ2v) is 8.63. The van der Waals surface area contributed by atoms with Crippen LogP contribution in [0.3, 0.4) is 0 Å². The standard InChI is InChI=1S/C25H27N5O/c1-17-15-30-24(18(2)26-17)14-23(27-30)20-5-4-6-22-8-7-21(16-29(22)25(31)13-20)19-9-11-28(3)12-10-19/h4-8,13-16,19H,9-12H2,1-3H3/b5-4+,20-13+,22-6+. The Balaban J connectivity index is 1.48. The molecule has 0 aliphatic carbocycles. The molecule has 0 N–H and O–H groups in total. The Morgan fingerprint density at radius 3 is 2.71 bits per heavy atom. The highest BCUT2D eigenvalue weighted by Crippen LogP contribution is 2.31. The van der Waals surface area contributed by atoms with Gasteiger partial charge in [0.25, 0.3) is 5.91 Å². The van der Waals surface area contributed by atoms with Crippen molar-refractivity contribution in [3.63, 3.8) is 0 Å². The van der Waals surface area contributed by atoms with E-state index in [1.807, 2.05) is 55.1 Å². The van der Waals surface area contributed by atoms with E-state index in [1.54, 1.807) is 11.0 Å². The predicted octanol–water partition coefficient (Wildman–Crippen LogP) is 3.81. The number of likely N-dealkylation sites (tertiary alicyclic amines) is 1. The number of fused-ring (bicyclic) bond motifs is 2. The average molecular weight is 414 g/mol. The molecule has 0 unspecified atom stereocenters. The Morgan fingerprint density at radius 1 is 1.10 bits per heavy atom. The highest BCUT2D eigenvalue weighted by atomic mass is 16.2. The van der Waals surface area contributed by atoms with Crippen LogP contribution in [0.1, 0.15) is 29.9 Å². The summed E-state index contributed by atoms with van der Waals surface area (Å²) in [7, 11) is 2.17. The molecule has 31 heavy (non-hydrogen) atoms. The monoisotopic (exact) mass is 413 g/mol. The number of allylic oxidation sites excluding steroid dienone is 7. The molecule has 0 atom stereocenters. The SMILES string of the molecule is Cc1cn2nc(C3=C\C(=O)N4C=C(C5CCN(C)CC5)C=C\C4=C/C=C/3)cc2c(C)n1. The van der Waals surface area contributed by atoms with Crippen LogP contribution in [0.25, 0.3) is 11.1 Å². The van der Waals surface area contributed by atoms with Crippen molar-refractivity contribution >= 4 is 17.0 Å². The zero-order valence-corrected chi connectivity index (χ0v) is 18.2.